The maximum absolute atomic E-state index is 12.3. The molecule has 0 bridgehead atoms. The van der Waals surface area contributed by atoms with Crippen LogP contribution in [0, 0.1) is 6.92 Å². The van der Waals surface area contributed by atoms with Crippen LogP contribution in [0.2, 0.25) is 5.02 Å². The van der Waals surface area contributed by atoms with Gasteiger partial charge in [0.15, 0.2) is 10.9 Å². The number of nitrogens with zero attached hydrogens (tertiary/aromatic N) is 1. The molecule has 0 unspecified atom stereocenters. The van der Waals surface area contributed by atoms with E-state index in [1.165, 1.54) is 23.1 Å². The summed E-state index contributed by atoms with van der Waals surface area (Å²) in [5, 5.41) is 6.29. The molecule has 0 radical (unpaired) electrons. The number of benzene rings is 3. The fourth-order valence-electron chi connectivity index (χ4n) is 2.90. The predicted octanol–water partition coefficient (Wildman–Crippen LogP) is 6.01. The first-order chi connectivity index (χ1) is 16.0. The molecule has 1 aromatic heterocycles. The molecule has 33 heavy (non-hydrogen) atoms. The summed E-state index contributed by atoms with van der Waals surface area (Å²) < 4.78 is 7.17. The van der Waals surface area contributed by atoms with Gasteiger partial charge in [-0.1, -0.05) is 47.6 Å². The van der Waals surface area contributed by atoms with Gasteiger partial charge in [-0.05, 0) is 55.0 Å². The normalized spacial score (nSPS) is 10.7. The number of rotatable bonds is 8. The molecule has 0 spiro atoms. The van der Waals surface area contributed by atoms with Crippen molar-refractivity contribution >= 4 is 68.1 Å². The SMILES string of the molecule is Cc1ccc(NC(=O)CSc2nc3ccc(NC(=O)COc4ccccc4)cc3s2)cc1Cl. The maximum Gasteiger partial charge on any atom is 0.262 e. The minimum absolute atomic E-state index is 0.0762. The molecule has 3 aromatic carbocycles. The number of hydrogen-bond acceptors (Lipinski definition) is 6. The highest BCUT2D eigenvalue weighted by atomic mass is 35.5. The van der Waals surface area contributed by atoms with E-state index >= 15 is 0 Å². The van der Waals surface area contributed by atoms with Crippen LogP contribution < -0.4 is 15.4 Å². The third-order valence-electron chi connectivity index (χ3n) is 4.55. The van der Waals surface area contributed by atoms with E-state index in [0.29, 0.717) is 22.1 Å². The number of fused-ring (bicyclic) bond motifs is 1. The molecule has 0 aliphatic rings. The summed E-state index contributed by atoms with van der Waals surface area (Å²) in [6, 6.07) is 20.1. The van der Waals surface area contributed by atoms with E-state index in [0.717, 1.165) is 20.1 Å². The molecule has 2 N–H and O–H groups in total. The Bertz CT molecular complexity index is 1290. The van der Waals surface area contributed by atoms with E-state index in [-0.39, 0.29) is 24.2 Å². The van der Waals surface area contributed by atoms with Crippen molar-refractivity contribution in [3.05, 3.63) is 77.3 Å². The van der Waals surface area contributed by atoms with Crippen LogP contribution in [0.3, 0.4) is 0 Å². The van der Waals surface area contributed by atoms with Crippen LogP contribution in [0.5, 0.6) is 5.75 Å². The zero-order valence-electron chi connectivity index (χ0n) is 17.6. The van der Waals surface area contributed by atoms with Crippen molar-refractivity contribution in [3.63, 3.8) is 0 Å². The number of para-hydroxylation sites is 1. The van der Waals surface area contributed by atoms with Gasteiger partial charge in [-0.25, -0.2) is 4.98 Å². The third kappa shape index (κ3) is 6.47. The molecule has 0 saturated heterocycles. The quantitative estimate of drug-likeness (QED) is 0.291. The Balaban J connectivity index is 1.31. The van der Waals surface area contributed by atoms with Gasteiger partial charge in [0.1, 0.15) is 5.75 Å². The lowest BCUT2D eigenvalue weighted by molar-refractivity contribution is -0.118. The highest BCUT2D eigenvalue weighted by molar-refractivity contribution is 8.01. The lowest BCUT2D eigenvalue weighted by Crippen LogP contribution is -2.20. The monoisotopic (exact) mass is 497 g/mol. The summed E-state index contributed by atoms with van der Waals surface area (Å²) in [4.78, 5) is 29.0. The Morgan fingerprint density at radius 2 is 1.73 bits per heavy atom. The summed E-state index contributed by atoms with van der Waals surface area (Å²) >= 11 is 8.94. The van der Waals surface area contributed by atoms with Gasteiger partial charge >= 0.3 is 0 Å². The van der Waals surface area contributed by atoms with E-state index in [1.54, 1.807) is 24.3 Å². The van der Waals surface area contributed by atoms with E-state index < -0.39 is 0 Å². The lowest BCUT2D eigenvalue weighted by Gasteiger charge is -2.07. The van der Waals surface area contributed by atoms with Crippen LogP contribution in [0.25, 0.3) is 10.2 Å². The summed E-state index contributed by atoms with van der Waals surface area (Å²) in [6.07, 6.45) is 0. The number of ether oxygens (including phenoxy) is 1. The summed E-state index contributed by atoms with van der Waals surface area (Å²) in [5.74, 6) is 0.489. The summed E-state index contributed by atoms with van der Waals surface area (Å²) in [6.45, 7) is 1.83. The first-order valence-electron chi connectivity index (χ1n) is 10.0. The van der Waals surface area contributed by atoms with Crippen molar-refractivity contribution in [2.24, 2.45) is 0 Å². The number of thiazole rings is 1. The number of nitrogens with one attached hydrogen (secondary N) is 2. The Morgan fingerprint density at radius 1 is 1.00 bits per heavy atom. The molecule has 0 saturated carbocycles. The number of amides is 2. The van der Waals surface area contributed by atoms with Gasteiger partial charge in [-0.15, -0.1) is 11.3 Å². The third-order valence-corrected chi connectivity index (χ3v) is 7.12. The molecular weight excluding hydrogens is 478 g/mol. The number of anilines is 2. The zero-order chi connectivity index (χ0) is 23.2. The second kappa shape index (κ2) is 10.7. The van der Waals surface area contributed by atoms with Gasteiger partial charge in [0, 0.05) is 16.4 Å². The lowest BCUT2D eigenvalue weighted by atomic mass is 10.2. The standard InChI is InChI=1S/C24H20ClN3O3S2/c1-15-7-8-16(11-19(15)25)27-23(30)14-32-24-28-20-10-9-17(12-21(20)33-24)26-22(29)13-31-18-5-3-2-4-6-18/h2-12H,13-14H2,1H3,(H,26,29)(H,27,30). The molecule has 0 fully saturated rings. The van der Waals surface area contributed by atoms with Gasteiger partial charge in [-0.3, -0.25) is 9.59 Å². The maximum atomic E-state index is 12.3. The summed E-state index contributed by atoms with van der Waals surface area (Å²) in [7, 11) is 0. The Hall–Kier alpha value is -3.07. The van der Waals surface area contributed by atoms with Gasteiger partial charge in [0.25, 0.3) is 5.91 Å². The minimum atomic E-state index is -0.245. The predicted molar refractivity (Wildman–Crippen MR) is 136 cm³/mol. The molecule has 6 nitrogen and oxygen atoms in total. The van der Waals surface area contributed by atoms with Gasteiger partial charge in [0.05, 0.1) is 16.0 Å². The number of aryl methyl sites for hydroxylation is 1. The number of aromatic nitrogens is 1. The van der Waals surface area contributed by atoms with E-state index in [4.69, 9.17) is 16.3 Å². The van der Waals surface area contributed by atoms with E-state index in [1.807, 2.05) is 49.4 Å². The van der Waals surface area contributed by atoms with Crippen molar-refractivity contribution in [3.8, 4) is 5.75 Å². The minimum Gasteiger partial charge on any atom is -0.484 e. The molecule has 0 aliphatic carbocycles. The number of halogens is 1. The van der Waals surface area contributed by atoms with E-state index in [2.05, 4.69) is 15.6 Å². The average Bonchev–Trinajstić information content (AvgIpc) is 3.22. The fraction of sp³-hybridized carbons (Fsp3) is 0.125. The summed E-state index contributed by atoms with van der Waals surface area (Å²) in [5.41, 5.74) is 3.10. The Kier molecular flexibility index (Phi) is 7.49. The second-order valence-corrected chi connectivity index (χ2v) is 9.77. The highest BCUT2D eigenvalue weighted by Crippen LogP contribution is 2.31. The van der Waals surface area contributed by atoms with E-state index in [9.17, 15) is 9.59 Å². The topological polar surface area (TPSA) is 80.3 Å². The van der Waals surface area contributed by atoms with Crippen molar-refractivity contribution in [2.45, 2.75) is 11.3 Å². The van der Waals surface area contributed by atoms with Crippen molar-refractivity contribution in [2.75, 3.05) is 23.0 Å². The highest BCUT2D eigenvalue weighted by Gasteiger charge is 2.11. The number of thioether (sulfide) groups is 1. The molecule has 2 amide bonds. The van der Waals surface area contributed by atoms with Gasteiger partial charge in [0.2, 0.25) is 5.91 Å². The second-order valence-electron chi connectivity index (χ2n) is 7.11. The average molecular weight is 498 g/mol. The Labute approximate surface area is 204 Å². The van der Waals surface area contributed by atoms with Crippen LogP contribution >= 0.6 is 34.7 Å². The zero-order valence-corrected chi connectivity index (χ0v) is 20.0. The van der Waals surface area contributed by atoms with Crippen LogP contribution in [-0.2, 0) is 9.59 Å². The Morgan fingerprint density at radius 3 is 2.52 bits per heavy atom. The van der Waals surface area contributed by atoms with Crippen LogP contribution in [0.1, 0.15) is 5.56 Å². The smallest absolute Gasteiger partial charge is 0.262 e. The first-order valence-corrected chi connectivity index (χ1v) is 12.2. The number of carbonyl (C=O) groups excluding carboxylic acids is 2. The molecule has 4 rings (SSSR count). The van der Waals surface area contributed by atoms with Gasteiger partial charge < -0.3 is 15.4 Å². The molecule has 4 aromatic rings. The van der Waals surface area contributed by atoms with Crippen LogP contribution in [0.4, 0.5) is 11.4 Å². The first kappa shape index (κ1) is 23.1. The van der Waals surface area contributed by atoms with Crippen molar-refractivity contribution < 1.29 is 14.3 Å². The molecule has 0 aliphatic heterocycles. The van der Waals surface area contributed by atoms with Crippen LogP contribution in [0.15, 0.2) is 71.1 Å². The number of hydrogen-bond donors (Lipinski definition) is 2. The molecule has 9 heteroatoms. The fourth-order valence-corrected chi connectivity index (χ4v) is 4.99. The molecule has 168 valence electrons. The molecule has 0 atom stereocenters. The van der Waals surface area contributed by atoms with Gasteiger partial charge in [-0.2, -0.15) is 0 Å². The van der Waals surface area contributed by atoms with Crippen LogP contribution in [-0.4, -0.2) is 29.2 Å². The number of carbonyl (C=O) groups is 2. The molecular formula is C24H20ClN3O3S2. The van der Waals surface area contributed by atoms with Crippen molar-refractivity contribution in [1.82, 2.24) is 4.98 Å². The molecule has 1 heterocycles. The van der Waals surface area contributed by atoms with Crippen molar-refractivity contribution in [1.29, 1.82) is 0 Å². The largest absolute Gasteiger partial charge is 0.484 e.